The quantitative estimate of drug-likeness (QED) is 0.0262. The van der Waals surface area contributed by atoms with Crippen molar-refractivity contribution in [3.63, 3.8) is 0 Å². The van der Waals surface area contributed by atoms with Crippen LogP contribution in [0.25, 0.3) is 0 Å². The highest BCUT2D eigenvalue weighted by Gasteiger charge is 2.19. The smallest absolute Gasteiger partial charge is 0.306 e. The molecule has 0 rings (SSSR count). The van der Waals surface area contributed by atoms with Crippen LogP contribution in [-0.4, -0.2) is 37.2 Å². The second kappa shape index (κ2) is 55.7. The molecule has 0 aromatic carbocycles. The van der Waals surface area contributed by atoms with E-state index in [0.717, 1.165) is 109 Å². The topological polar surface area (TPSA) is 78.9 Å². The van der Waals surface area contributed by atoms with E-state index in [4.69, 9.17) is 14.2 Å². The van der Waals surface area contributed by atoms with Crippen LogP contribution in [0.2, 0.25) is 0 Å². The Labute approximate surface area is 415 Å². The fourth-order valence-corrected chi connectivity index (χ4v) is 8.20. The van der Waals surface area contributed by atoms with Crippen LogP contribution in [0.15, 0.2) is 60.8 Å². The van der Waals surface area contributed by atoms with E-state index in [2.05, 4.69) is 81.5 Å². The maximum absolute atomic E-state index is 12.8. The molecular formula is C61H108O6. The zero-order valence-corrected chi connectivity index (χ0v) is 44.4. The first-order valence-corrected chi connectivity index (χ1v) is 28.8. The Hall–Kier alpha value is -2.89. The molecule has 6 heteroatoms. The number of carbonyl (C=O) groups is 3. The fourth-order valence-electron chi connectivity index (χ4n) is 8.20. The van der Waals surface area contributed by atoms with Crippen molar-refractivity contribution in [2.45, 2.75) is 297 Å². The summed E-state index contributed by atoms with van der Waals surface area (Å²) in [6.45, 7) is 6.47. The van der Waals surface area contributed by atoms with E-state index in [1.165, 1.54) is 141 Å². The molecule has 67 heavy (non-hydrogen) atoms. The lowest BCUT2D eigenvalue weighted by Crippen LogP contribution is -2.30. The lowest BCUT2D eigenvalue weighted by molar-refractivity contribution is -0.167. The van der Waals surface area contributed by atoms with Crippen molar-refractivity contribution in [1.29, 1.82) is 0 Å². The van der Waals surface area contributed by atoms with Gasteiger partial charge in [0.1, 0.15) is 13.2 Å². The van der Waals surface area contributed by atoms with Crippen molar-refractivity contribution < 1.29 is 28.6 Å². The number of carbonyl (C=O) groups excluding carboxylic acids is 3. The lowest BCUT2D eigenvalue weighted by Gasteiger charge is -2.18. The number of allylic oxidation sites excluding steroid dienone is 10. The Balaban J connectivity index is 4.28. The number of unbranched alkanes of at least 4 members (excludes halogenated alkanes) is 31. The van der Waals surface area contributed by atoms with E-state index in [1.54, 1.807) is 0 Å². The molecule has 1 atom stereocenters. The maximum atomic E-state index is 12.8. The molecule has 0 heterocycles. The van der Waals surface area contributed by atoms with Gasteiger partial charge in [-0.2, -0.15) is 0 Å². The number of hydrogen-bond acceptors (Lipinski definition) is 6. The predicted molar refractivity (Wildman–Crippen MR) is 288 cm³/mol. The van der Waals surface area contributed by atoms with Crippen LogP contribution >= 0.6 is 0 Å². The molecular weight excluding hydrogens is 829 g/mol. The third kappa shape index (κ3) is 53.9. The van der Waals surface area contributed by atoms with Gasteiger partial charge in [0.2, 0.25) is 0 Å². The monoisotopic (exact) mass is 937 g/mol. The summed E-state index contributed by atoms with van der Waals surface area (Å²) >= 11 is 0. The van der Waals surface area contributed by atoms with Crippen LogP contribution in [-0.2, 0) is 28.6 Å². The molecule has 0 amide bonds. The van der Waals surface area contributed by atoms with Crippen molar-refractivity contribution >= 4 is 17.9 Å². The van der Waals surface area contributed by atoms with Crippen LogP contribution < -0.4 is 0 Å². The summed E-state index contributed by atoms with van der Waals surface area (Å²) in [5.74, 6) is -0.909. The fraction of sp³-hybridized carbons (Fsp3) is 0.787. The van der Waals surface area contributed by atoms with Crippen LogP contribution in [0.5, 0.6) is 0 Å². The zero-order valence-electron chi connectivity index (χ0n) is 44.4. The highest BCUT2D eigenvalue weighted by molar-refractivity contribution is 5.71. The van der Waals surface area contributed by atoms with Gasteiger partial charge < -0.3 is 14.2 Å². The molecule has 0 fully saturated rings. The lowest BCUT2D eigenvalue weighted by atomic mass is 10.0. The van der Waals surface area contributed by atoms with Crippen molar-refractivity contribution in [1.82, 2.24) is 0 Å². The summed E-state index contributed by atoms with van der Waals surface area (Å²) in [6, 6.07) is 0. The number of ether oxygens (including phenoxy) is 3. The minimum atomic E-state index is -0.788. The molecule has 0 aromatic rings. The predicted octanol–water partition coefficient (Wildman–Crippen LogP) is 19.2. The zero-order chi connectivity index (χ0) is 48.6. The van der Waals surface area contributed by atoms with E-state index >= 15 is 0 Å². The highest BCUT2D eigenvalue weighted by atomic mass is 16.6. The van der Waals surface area contributed by atoms with Crippen molar-refractivity contribution in [3.05, 3.63) is 60.8 Å². The third-order valence-electron chi connectivity index (χ3n) is 12.5. The average molecular weight is 938 g/mol. The minimum absolute atomic E-state index is 0.0846. The van der Waals surface area contributed by atoms with E-state index in [0.29, 0.717) is 19.3 Å². The average Bonchev–Trinajstić information content (AvgIpc) is 3.33. The molecule has 0 bridgehead atoms. The first-order chi connectivity index (χ1) is 33.0. The third-order valence-corrected chi connectivity index (χ3v) is 12.5. The van der Waals surface area contributed by atoms with Gasteiger partial charge in [0.25, 0.3) is 0 Å². The molecule has 0 spiro atoms. The largest absolute Gasteiger partial charge is 0.462 e. The molecule has 0 saturated carbocycles. The Morgan fingerprint density at radius 2 is 0.612 bits per heavy atom. The molecule has 0 N–H and O–H groups in total. The maximum Gasteiger partial charge on any atom is 0.306 e. The van der Waals surface area contributed by atoms with Crippen molar-refractivity contribution in [3.8, 4) is 0 Å². The Morgan fingerprint density at radius 1 is 0.313 bits per heavy atom. The first kappa shape index (κ1) is 64.1. The van der Waals surface area contributed by atoms with E-state index in [-0.39, 0.29) is 31.1 Å². The molecule has 0 aliphatic heterocycles. The minimum Gasteiger partial charge on any atom is -0.462 e. The van der Waals surface area contributed by atoms with Gasteiger partial charge >= 0.3 is 17.9 Å². The molecule has 0 aliphatic rings. The molecule has 0 aromatic heterocycles. The summed E-state index contributed by atoms with van der Waals surface area (Å²) in [5, 5.41) is 0. The second-order valence-corrected chi connectivity index (χ2v) is 19.2. The summed E-state index contributed by atoms with van der Waals surface area (Å²) in [5.41, 5.74) is 0. The number of rotatable bonds is 52. The van der Waals surface area contributed by atoms with Crippen LogP contribution in [0.3, 0.4) is 0 Å². The Kier molecular flexibility index (Phi) is 53.3. The standard InChI is InChI=1S/C61H108O6/c1-4-7-10-13-16-19-22-24-26-28-29-30-31-32-34-35-37-39-42-45-48-51-54-60(63)66-57-58(56-65-59(62)53-50-47-44-41-21-18-15-12-9-6-3)67-61(64)55-52-49-46-43-40-38-36-33-27-25-23-20-17-14-11-8-5-2/h8,11-12,15,17,20,25,27,36,38,58H,4-7,9-10,13-14,16,18-19,21-24,26,28-35,37,39-57H2,1-3H3/b11-8-,15-12-,20-17-,27-25-,38-36-. The molecule has 6 nitrogen and oxygen atoms in total. The van der Waals surface area contributed by atoms with E-state index in [9.17, 15) is 14.4 Å². The van der Waals surface area contributed by atoms with Gasteiger partial charge in [-0.25, -0.2) is 0 Å². The van der Waals surface area contributed by atoms with E-state index in [1.807, 2.05) is 0 Å². The van der Waals surface area contributed by atoms with Gasteiger partial charge in [-0.15, -0.1) is 0 Å². The van der Waals surface area contributed by atoms with Gasteiger partial charge in [-0.3, -0.25) is 14.4 Å². The van der Waals surface area contributed by atoms with Crippen LogP contribution in [0, 0.1) is 0 Å². The summed E-state index contributed by atoms with van der Waals surface area (Å²) in [7, 11) is 0. The van der Waals surface area contributed by atoms with E-state index < -0.39 is 6.10 Å². The summed E-state index contributed by atoms with van der Waals surface area (Å²) < 4.78 is 16.8. The number of hydrogen-bond donors (Lipinski definition) is 0. The highest BCUT2D eigenvalue weighted by Crippen LogP contribution is 2.17. The van der Waals surface area contributed by atoms with Gasteiger partial charge in [0, 0.05) is 19.3 Å². The van der Waals surface area contributed by atoms with Crippen LogP contribution in [0.4, 0.5) is 0 Å². The first-order valence-electron chi connectivity index (χ1n) is 28.8. The van der Waals surface area contributed by atoms with Crippen LogP contribution in [0.1, 0.15) is 290 Å². The second-order valence-electron chi connectivity index (χ2n) is 19.2. The normalized spacial score (nSPS) is 12.5. The van der Waals surface area contributed by atoms with Crippen molar-refractivity contribution in [2.24, 2.45) is 0 Å². The molecule has 388 valence electrons. The van der Waals surface area contributed by atoms with Gasteiger partial charge in [0.05, 0.1) is 0 Å². The van der Waals surface area contributed by atoms with Gasteiger partial charge in [-0.05, 0) is 77.0 Å². The molecule has 0 radical (unpaired) electrons. The van der Waals surface area contributed by atoms with Gasteiger partial charge in [-0.1, -0.05) is 255 Å². The number of esters is 3. The summed E-state index contributed by atoms with van der Waals surface area (Å²) in [4.78, 5) is 38.1. The molecule has 0 aliphatic carbocycles. The Morgan fingerprint density at radius 3 is 0.985 bits per heavy atom. The van der Waals surface area contributed by atoms with Crippen molar-refractivity contribution in [2.75, 3.05) is 13.2 Å². The van der Waals surface area contributed by atoms with Gasteiger partial charge in [0.15, 0.2) is 6.10 Å². The molecule has 1 unspecified atom stereocenters. The SMILES string of the molecule is CC/C=C\C/C=C\C/C=C\C/C=C\CCCCCCC(=O)OC(COC(=O)CCCCCCC/C=C\CCC)COC(=O)CCCCCCCCCCCCCCCCCCCCCCCC. The molecule has 0 saturated heterocycles. The Bertz CT molecular complexity index is 1210. The summed E-state index contributed by atoms with van der Waals surface area (Å²) in [6.07, 6.45) is 69.4.